The first-order chi connectivity index (χ1) is 24.8. The highest BCUT2D eigenvalue weighted by Gasteiger charge is 2.72. The zero-order chi connectivity index (χ0) is 38.7. The predicted molar refractivity (Wildman–Crippen MR) is 191 cm³/mol. The van der Waals surface area contributed by atoms with Crippen LogP contribution in [-0.2, 0) is 28.5 Å². The number of aliphatic hydroxyl groups excluding tert-OH is 2. The molecule has 286 valence electrons. The second kappa shape index (κ2) is 14.0. The zero-order valence-electron chi connectivity index (χ0n) is 31.3. The lowest BCUT2D eigenvalue weighted by molar-refractivity contribution is -0.277. The highest BCUT2D eigenvalue weighted by atomic mass is 16.6. The van der Waals surface area contributed by atoms with Crippen LogP contribution in [0.3, 0.4) is 0 Å². The third-order valence-corrected chi connectivity index (χ3v) is 12.1. The van der Waals surface area contributed by atoms with Crippen LogP contribution in [0.25, 0.3) is 0 Å². The van der Waals surface area contributed by atoms with Crippen LogP contribution in [-0.4, -0.2) is 87.5 Å². The molecule has 2 aromatic carbocycles. The molecule has 1 heterocycles. The van der Waals surface area contributed by atoms with E-state index in [9.17, 15) is 34.5 Å². The van der Waals surface area contributed by atoms with Crippen LogP contribution >= 0.6 is 0 Å². The first-order valence-corrected chi connectivity index (χ1v) is 18.2. The Balaban J connectivity index is 1.41. The maximum Gasteiger partial charge on any atom is 0.408 e. The van der Waals surface area contributed by atoms with Crippen LogP contribution in [0.15, 0.2) is 71.8 Å². The van der Waals surface area contributed by atoms with E-state index in [1.165, 1.54) is 0 Å². The van der Waals surface area contributed by atoms with Crippen molar-refractivity contribution in [3.05, 3.63) is 82.9 Å². The van der Waals surface area contributed by atoms with E-state index in [1.54, 1.807) is 109 Å². The largest absolute Gasteiger partial charge is 0.458 e. The molecule has 0 unspecified atom stereocenters. The fourth-order valence-electron chi connectivity index (χ4n) is 9.08. The molecule has 2 aromatic rings. The second-order valence-corrected chi connectivity index (χ2v) is 16.7. The summed E-state index contributed by atoms with van der Waals surface area (Å²) in [6.45, 7) is 11.9. The summed E-state index contributed by atoms with van der Waals surface area (Å²) in [5.41, 5.74) is -4.53. The van der Waals surface area contributed by atoms with Gasteiger partial charge in [0.15, 0.2) is 5.78 Å². The van der Waals surface area contributed by atoms with Crippen molar-refractivity contribution in [1.29, 1.82) is 0 Å². The number of esters is 2. The molecule has 6 rings (SSSR count). The van der Waals surface area contributed by atoms with Crippen LogP contribution in [0, 0.1) is 22.7 Å². The van der Waals surface area contributed by atoms with Gasteiger partial charge in [0.05, 0.1) is 42.3 Å². The summed E-state index contributed by atoms with van der Waals surface area (Å²) < 4.78 is 23.7. The molecule has 3 fully saturated rings. The fourth-order valence-corrected chi connectivity index (χ4v) is 9.08. The van der Waals surface area contributed by atoms with E-state index in [-0.39, 0.29) is 37.0 Å². The molecule has 1 aliphatic heterocycles. The Bertz CT molecular complexity index is 1770. The highest BCUT2D eigenvalue weighted by molar-refractivity contribution is 5.94. The summed E-state index contributed by atoms with van der Waals surface area (Å²) in [5.74, 6) is -3.52. The van der Waals surface area contributed by atoms with Gasteiger partial charge in [-0.15, -0.1) is 0 Å². The predicted octanol–water partition coefficient (Wildman–Crippen LogP) is 4.60. The number of benzene rings is 2. The molecule has 1 amide bonds. The number of hydrogen-bond donors (Lipinski definition) is 4. The van der Waals surface area contributed by atoms with E-state index in [4.69, 9.17) is 18.9 Å². The van der Waals surface area contributed by atoms with Gasteiger partial charge in [0.25, 0.3) is 0 Å². The number of amides is 1. The van der Waals surface area contributed by atoms with E-state index in [2.05, 4.69) is 5.32 Å². The maximum atomic E-state index is 14.6. The second-order valence-electron chi connectivity index (χ2n) is 16.7. The van der Waals surface area contributed by atoms with Crippen LogP contribution in [0.1, 0.15) is 89.7 Å². The SMILES string of the molecule is CC1=C2[C@@H](O)C(=O)[C@@]3(C)[C@@H]([C@@H]4CO[C@@H]4C[C@@H]3O)[C@H](OC(=O)c3ccccc3)[C@](O)(C[C@@H]1OC(=O)C[C@@H](NC(=O)OC(C)(C)C)c1ccccc1)C2(C)C. The van der Waals surface area contributed by atoms with Crippen molar-refractivity contribution in [3.63, 3.8) is 0 Å². The minimum Gasteiger partial charge on any atom is -0.458 e. The summed E-state index contributed by atoms with van der Waals surface area (Å²) in [7, 11) is 0. The Hall–Kier alpha value is -4.10. The number of hydrogen-bond acceptors (Lipinski definition) is 11. The third-order valence-electron chi connectivity index (χ3n) is 12.1. The quantitative estimate of drug-likeness (QED) is 0.178. The summed E-state index contributed by atoms with van der Waals surface area (Å²) in [5, 5.41) is 39.6. The maximum absolute atomic E-state index is 14.6. The molecular weight excluding hydrogens is 682 g/mol. The summed E-state index contributed by atoms with van der Waals surface area (Å²) in [6, 6.07) is 16.3. The van der Waals surface area contributed by atoms with E-state index in [1.807, 2.05) is 0 Å². The first-order valence-electron chi connectivity index (χ1n) is 18.2. The van der Waals surface area contributed by atoms with E-state index >= 15 is 0 Å². The number of ether oxygens (including phenoxy) is 4. The van der Waals surface area contributed by atoms with Gasteiger partial charge in [-0.05, 0) is 63.5 Å². The van der Waals surface area contributed by atoms with Gasteiger partial charge in [-0.2, -0.15) is 0 Å². The molecule has 4 N–H and O–H groups in total. The number of carbonyl (C=O) groups excluding carboxylic acids is 4. The average Bonchev–Trinajstić information content (AvgIpc) is 3.08. The van der Waals surface area contributed by atoms with Crippen LogP contribution in [0.2, 0.25) is 0 Å². The van der Waals surface area contributed by atoms with Gasteiger partial charge in [0.2, 0.25) is 0 Å². The lowest BCUT2D eigenvalue weighted by Crippen LogP contribution is -2.75. The lowest BCUT2D eigenvalue weighted by Gasteiger charge is -2.64. The molecule has 4 aliphatic rings. The molecule has 0 aromatic heterocycles. The van der Waals surface area contributed by atoms with Gasteiger partial charge >= 0.3 is 18.0 Å². The molecule has 12 heteroatoms. The molecule has 0 spiro atoms. The van der Waals surface area contributed by atoms with Crippen LogP contribution < -0.4 is 5.32 Å². The molecular formula is C41H51NO11. The molecule has 0 radical (unpaired) electrons. The van der Waals surface area contributed by atoms with Crippen molar-refractivity contribution in [1.82, 2.24) is 5.32 Å². The molecule has 1 saturated heterocycles. The van der Waals surface area contributed by atoms with E-state index < -0.39 is 94.2 Å². The Morgan fingerprint density at radius 3 is 2.19 bits per heavy atom. The number of Topliss-reactive ketones (excluding diaryl/α,β-unsaturated/α-hetero) is 1. The third kappa shape index (κ3) is 6.79. The number of aliphatic hydroxyl groups is 3. The Morgan fingerprint density at radius 1 is 0.981 bits per heavy atom. The number of rotatable bonds is 7. The topological polar surface area (TPSA) is 178 Å². The molecule has 12 nitrogen and oxygen atoms in total. The number of nitrogens with one attached hydrogen (secondary N) is 1. The van der Waals surface area contributed by atoms with E-state index in [0.717, 1.165) is 0 Å². The van der Waals surface area contributed by atoms with Crippen molar-refractivity contribution < 1.29 is 53.4 Å². The molecule has 10 atom stereocenters. The molecule has 2 bridgehead atoms. The first kappa shape index (κ1) is 38.6. The summed E-state index contributed by atoms with van der Waals surface area (Å²) >= 11 is 0. The number of fused-ring (bicyclic) bond motifs is 5. The van der Waals surface area contributed by atoms with Gasteiger partial charge in [-0.3, -0.25) is 9.59 Å². The van der Waals surface area contributed by atoms with Gasteiger partial charge in [0.1, 0.15) is 29.5 Å². The smallest absolute Gasteiger partial charge is 0.408 e. The lowest BCUT2D eigenvalue weighted by atomic mass is 9.46. The summed E-state index contributed by atoms with van der Waals surface area (Å²) in [6.07, 6.45) is -7.26. The fraction of sp³-hybridized carbons (Fsp3) is 0.561. The standard InChI is InChI=1S/C41H51NO11/c1-22-28(51-30(44)18-26(23-14-10-8-11-15-23)42-37(48)53-38(2,3)4)20-41(49)35(52-36(47)24-16-12-9-13-17-24)32-25-21-50-27(25)19-29(43)40(32,7)34(46)33(45)31(22)39(41,5)6/h8-17,25-29,32-33,35,43,45,49H,18-21H2,1-7H3,(H,42,48)/t25-,26-,27-,28+,29+,32+,33-,35+,40-,41-/m1/s1. The average molecular weight is 734 g/mol. The van der Waals surface area contributed by atoms with Crippen molar-refractivity contribution in [2.45, 2.75) is 115 Å². The van der Waals surface area contributed by atoms with Crippen molar-refractivity contribution >= 4 is 23.8 Å². The van der Waals surface area contributed by atoms with Crippen molar-refractivity contribution in [3.8, 4) is 0 Å². The normalized spacial score (nSPS) is 33.8. The molecule has 2 saturated carbocycles. The van der Waals surface area contributed by atoms with E-state index in [0.29, 0.717) is 11.1 Å². The Labute approximate surface area is 309 Å². The van der Waals surface area contributed by atoms with Gasteiger partial charge in [-0.25, -0.2) is 9.59 Å². The monoisotopic (exact) mass is 733 g/mol. The number of ketones is 1. The molecule has 3 aliphatic carbocycles. The Morgan fingerprint density at radius 2 is 1.60 bits per heavy atom. The summed E-state index contributed by atoms with van der Waals surface area (Å²) in [4.78, 5) is 55.3. The zero-order valence-corrected chi connectivity index (χ0v) is 31.3. The molecule has 53 heavy (non-hydrogen) atoms. The number of carbonyl (C=O) groups is 4. The van der Waals surface area contributed by atoms with Crippen LogP contribution in [0.4, 0.5) is 4.79 Å². The Kier molecular flexibility index (Phi) is 10.2. The minimum atomic E-state index is -2.03. The van der Waals surface area contributed by atoms with Crippen LogP contribution in [0.5, 0.6) is 0 Å². The number of alkyl carbamates (subject to hydrolysis) is 1. The van der Waals surface area contributed by atoms with Crippen molar-refractivity contribution in [2.75, 3.05) is 6.61 Å². The van der Waals surface area contributed by atoms with Gasteiger partial charge < -0.3 is 39.6 Å². The highest BCUT2D eigenvalue weighted by Crippen LogP contribution is 2.62. The van der Waals surface area contributed by atoms with Gasteiger partial charge in [-0.1, -0.05) is 62.4 Å². The van der Waals surface area contributed by atoms with Crippen molar-refractivity contribution in [2.24, 2.45) is 22.7 Å². The van der Waals surface area contributed by atoms with Gasteiger partial charge in [0, 0.05) is 30.1 Å². The minimum absolute atomic E-state index is 0.125.